The highest BCUT2D eigenvalue weighted by molar-refractivity contribution is 6.30. The smallest absolute Gasteiger partial charge is 0.0894 e. The van der Waals surface area contributed by atoms with Crippen molar-refractivity contribution in [2.45, 2.75) is 0 Å². The average molecular weight is 302 g/mol. The van der Waals surface area contributed by atoms with E-state index < -0.39 is 0 Å². The van der Waals surface area contributed by atoms with Crippen molar-refractivity contribution in [1.82, 2.24) is 15.0 Å². The number of nitrogens with zero attached hydrogens (tertiary/aromatic N) is 3. The van der Waals surface area contributed by atoms with Crippen molar-refractivity contribution >= 4 is 23.2 Å². The fraction of sp³-hybridized carbons (Fsp3) is 0. The molecule has 0 spiro atoms. The summed E-state index contributed by atoms with van der Waals surface area (Å²) in [5, 5.41) is 1.20. The maximum atomic E-state index is 5.84. The topological polar surface area (TPSA) is 38.7 Å². The quantitative estimate of drug-likeness (QED) is 0.699. The second-order valence-electron chi connectivity index (χ2n) is 4.13. The molecule has 3 aromatic heterocycles. The second kappa shape index (κ2) is 5.57. The lowest BCUT2D eigenvalue weighted by molar-refractivity contribution is 1.22. The molecule has 5 heteroatoms. The number of halogens is 2. The Morgan fingerprint density at radius 3 is 1.50 bits per heavy atom. The summed E-state index contributed by atoms with van der Waals surface area (Å²) < 4.78 is 0. The third-order valence-electron chi connectivity index (χ3n) is 2.73. The van der Waals surface area contributed by atoms with Crippen LogP contribution in [0.5, 0.6) is 0 Å². The third kappa shape index (κ3) is 2.79. The average Bonchev–Trinajstić information content (AvgIpc) is 2.49. The van der Waals surface area contributed by atoms with Gasteiger partial charge in [-0.25, -0.2) is 4.98 Å². The molecule has 3 aromatic rings. The highest BCUT2D eigenvalue weighted by Gasteiger charge is 2.05. The van der Waals surface area contributed by atoms with E-state index in [4.69, 9.17) is 23.2 Å². The first-order valence-electron chi connectivity index (χ1n) is 5.93. The Kier molecular flexibility index (Phi) is 3.63. The van der Waals surface area contributed by atoms with Crippen molar-refractivity contribution in [2.24, 2.45) is 0 Å². The molecule has 0 amide bonds. The molecule has 3 heterocycles. The van der Waals surface area contributed by atoms with Gasteiger partial charge in [0.25, 0.3) is 0 Å². The molecule has 0 aliphatic carbocycles. The molecule has 0 radical (unpaired) electrons. The summed E-state index contributed by atoms with van der Waals surface area (Å²) in [6.07, 6.45) is 3.21. The zero-order valence-electron chi connectivity index (χ0n) is 10.3. The molecule has 0 fully saturated rings. The number of aromatic nitrogens is 3. The lowest BCUT2D eigenvalue weighted by atomic mass is 10.2. The Bertz CT molecular complexity index is 664. The zero-order chi connectivity index (χ0) is 13.9. The van der Waals surface area contributed by atoms with Gasteiger partial charge in [0.15, 0.2) is 0 Å². The van der Waals surface area contributed by atoms with E-state index in [1.165, 1.54) is 0 Å². The predicted octanol–water partition coefficient (Wildman–Crippen LogP) is 4.51. The van der Waals surface area contributed by atoms with Crippen molar-refractivity contribution < 1.29 is 0 Å². The highest BCUT2D eigenvalue weighted by atomic mass is 35.5. The number of pyridine rings is 3. The van der Waals surface area contributed by atoms with E-state index in [-0.39, 0.29) is 0 Å². The third-order valence-corrected chi connectivity index (χ3v) is 3.18. The van der Waals surface area contributed by atoms with Crippen LogP contribution in [0.15, 0.2) is 54.9 Å². The molecule has 0 saturated carbocycles. The minimum atomic E-state index is 0.601. The standard InChI is InChI=1S/C15H9Cl2N3/c16-10-4-6-12(18-8-10)14-2-1-3-15(20-14)13-7-5-11(17)9-19-13/h1-9H. The summed E-state index contributed by atoms with van der Waals surface area (Å²) in [4.78, 5) is 13.1. The van der Waals surface area contributed by atoms with Crippen molar-refractivity contribution in [2.75, 3.05) is 0 Å². The molecule has 0 unspecified atom stereocenters. The molecular formula is C15H9Cl2N3. The molecule has 3 nitrogen and oxygen atoms in total. The van der Waals surface area contributed by atoms with Gasteiger partial charge in [-0.3, -0.25) is 9.97 Å². The minimum absolute atomic E-state index is 0.601. The Morgan fingerprint density at radius 2 is 1.10 bits per heavy atom. The van der Waals surface area contributed by atoms with Crippen LogP contribution < -0.4 is 0 Å². The molecule has 0 aliphatic heterocycles. The highest BCUT2D eigenvalue weighted by Crippen LogP contribution is 2.21. The van der Waals surface area contributed by atoms with Gasteiger partial charge in [-0.2, -0.15) is 0 Å². The van der Waals surface area contributed by atoms with E-state index in [1.807, 2.05) is 30.3 Å². The molecular weight excluding hydrogens is 293 g/mol. The summed E-state index contributed by atoms with van der Waals surface area (Å²) in [6, 6.07) is 13.0. The van der Waals surface area contributed by atoms with Crippen molar-refractivity contribution in [3.63, 3.8) is 0 Å². The molecule has 20 heavy (non-hydrogen) atoms. The number of hydrogen-bond acceptors (Lipinski definition) is 3. The van der Waals surface area contributed by atoms with Crippen LogP contribution in [0.3, 0.4) is 0 Å². The first-order chi connectivity index (χ1) is 9.72. The summed E-state index contributed by atoms with van der Waals surface area (Å²) in [5.41, 5.74) is 3.09. The van der Waals surface area contributed by atoms with Crippen LogP contribution in [-0.4, -0.2) is 15.0 Å². The molecule has 0 bridgehead atoms. The Morgan fingerprint density at radius 1 is 0.600 bits per heavy atom. The summed E-state index contributed by atoms with van der Waals surface area (Å²) >= 11 is 11.7. The van der Waals surface area contributed by atoms with Crippen LogP contribution in [0.1, 0.15) is 0 Å². The fourth-order valence-electron chi connectivity index (χ4n) is 1.77. The molecule has 0 saturated heterocycles. The molecule has 0 N–H and O–H groups in total. The van der Waals surface area contributed by atoms with Gasteiger partial charge in [-0.15, -0.1) is 0 Å². The van der Waals surface area contributed by atoms with E-state index in [9.17, 15) is 0 Å². The normalized spacial score (nSPS) is 10.5. The van der Waals surface area contributed by atoms with E-state index in [2.05, 4.69) is 15.0 Å². The SMILES string of the molecule is Clc1ccc(-c2cccc(-c3ccc(Cl)cn3)n2)nc1. The molecule has 3 rings (SSSR count). The van der Waals surface area contributed by atoms with E-state index in [0.717, 1.165) is 22.8 Å². The lowest BCUT2D eigenvalue weighted by Crippen LogP contribution is -1.91. The van der Waals surface area contributed by atoms with Crippen LogP contribution in [0, 0.1) is 0 Å². The number of rotatable bonds is 2. The molecule has 0 aliphatic rings. The maximum Gasteiger partial charge on any atom is 0.0894 e. The summed E-state index contributed by atoms with van der Waals surface area (Å²) in [7, 11) is 0. The van der Waals surface area contributed by atoms with E-state index in [1.54, 1.807) is 24.5 Å². The van der Waals surface area contributed by atoms with Gasteiger partial charge in [0.05, 0.1) is 32.8 Å². The van der Waals surface area contributed by atoms with Crippen molar-refractivity contribution in [3.8, 4) is 22.8 Å². The molecule has 0 atom stereocenters. The van der Waals surface area contributed by atoms with Gasteiger partial charge in [-0.05, 0) is 36.4 Å². The van der Waals surface area contributed by atoms with Crippen LogP contribution in [0.4, 0.5) is 0 Å². The van der Waals surface area contributed by atoms with Crippen LogP contribution in [0.25, 0.3) is 22.8 Å². The first-order valence-corrected chi connectivity index (χ1v) is 6.69. The van der Waals surface area contributed by atoms with Gasteiger partial charge >= 0.3 is 0 Å². The van der Waals surface area contributed by atoms with Crippen LogP contribution >= 0.6 is 23.2 Å². The Labute approximate surface area is 126 Å². The van der Waals surface area contributed by atoms with Gasteiger partial charge in [0.1, 0.15) is 0 Å². The summed E-state index contributed by atoms with van der Waals surface area (Å²) in [5.74, 6) is 0. The van der Waals surface area contributed by atoms with E-state index >= 15 is 0 Å². The largest absolute Gasteiger partial charge is 0.253 e. The lowest BCUT2D eigenvalue weighted by Gasteiger charge is -2.04. The van der Waals surface area contributed by atoms with E-state index in [0.29, 0.717) is 10.0 Å². The van der Waals surface area contributed by atoms with Gasteiger partial charge < -0.3 is 0 Å². The summed E-state index contributed by atoms with van der Waals surface area (Å²) in [6.45, 7) is 0. The Hall–Kier alpha value is -1.97. The van der Waals surface area contributed by atoms with Gasteiger partial charge in [0, 0.05) is 12.4 Å². The van der Waals surface area contributed by atoms with Crippen molar-refractivity contribution in [3.05, 3.63) is 64.9 Å². The molecule has 0 aromatic carbocycles. The first kappa shape index (κ1) is 13.0. The van der Waals surface area contributed by atoms with Crippen LogP contribution in [-0.2, 0) is 0 Å². The number of hydrogen-bond donors (Lipinski definition) is 0. The second-order valence-corrected chi connectivity index (χ2v) is 5.00. The molecule has 98 valence electrons. The van der Waals surface area contributed by atoms with Crippen LogP contribution in [0.2, 0.25) is 10.0 Å². The van der Waals surface area contributed by atoms with Gasteiger partial charge in [0.2, 0.25) is 0 Å². The monoisotopic (exact) mass is 301 g/mol. The predicted molar refractivity (Wildman–Crippen MR) is 80.7 cm³/mol. The minimum Gasteiger partial charge on any atom is -0.253 e. The Balaban J connectivity index is 2.01. The zero-order valence-corrected chi connectivity index (χ0v) is 11.8. The van der Waals surface area contributed by atoms with Crippen molar-refractivity contribution in [1.29, 1.82) is 0 Å². The fourth-order valence-corrected chi connectivity index (χ4v) is 2.00. The maximum absolute atomic E-state index is 5.84. The van der Waals surface area contributed by atoms with Gasteiger partial charge in [-0.1, -0.05) is 29.3 Å².